The second-order valence-corrected chi connectivity index (χ2v) is 7.99. The van der Waals surface area contributed by atoms with E-state index in [1.807, 2.05) is 60.5 Å². The van der Waals surface area contributed by atoms with E-state index in [1.54, 1.807) is 37.4 Å². The van der Waals surface area contributed by atoms with Crippen LogP contribution in [0, 0.1) is 0 Å². The summed E-state index contributed by atoms with van der Waals surface area (Å²) < 4.78 is 5.24. The lowest BCUT2D eigenvalue weighted by Gasteiger charge is -2.22. The zero-order valence-corrected chi connectivity index (χ0v) is 18.7. The van der Waals surface area contributed by atoms with E-state index in [0.29, 0.717) is 34.2 Å². The number of hydrogen-bond donors (Lipinski definition) is 0. The average Bonchev–Trinajstić information content (AvgIpc) is 3.06. The third-order valence-corrected chi connectivity index (χ3v) is 5.82. The van der Waals surface area contributed by atoms with Crippen LogP contribution in [0.25, 0.3) is 5.57 Å². The molecular weight excluding hydrogens is 424 g/mol. The van der Waals surface area contributed by atoms with Crippen LogP contribution in [0.2, 0.25) is 5.02 Å². The highest BCUT2D eigenvalue weighted by molar-refractivity contribution is 6.35. The first-order valence-electron chi connectivity index (χ1n) is 10.2. The molecular formula is C26H23ClN2O3. The summed E-state index contributed by atoms with van der Waals surface area (Å²) >= 11 is 6.30. The van der Waals surface area contributed by atoms with Crippen LogP contribution >= 0.6 is 11.6 Å². The van der Waals surface area contributed by atoms with E-state index in [2.05, 4.69) is 0 Å². The molecule has 1 aliphatic rings. The van der Waals surface area contributed by atoms with Crippen molar-refractivity contribution in [2.75, 3.05) is 14.2 Å². The van der Waals surface area contributed by atoms with Crippen LogP contribution < -0.4 is 4.74 Å². The number of carbonyl (C=O) groups is 2. The first-order chi connectivity index (χ1) is 15.5. The predicted octanol–water partition coefficient (Wildman–Crippen LogP) is 4.76. The van der Waals surface area contributed by atoms with Gasteiger partial charge < -0.3 is 9.64 Å². The Kier molecular flexibility index (Phi) is 6.28. The first-order valence-corrected chi connectivity index (χ1v) is 10.6. The predicted molar refractivity (Wildman–Crippen MR) is 125 cm³/mol. The standard InChI is InChI=1S/C26H23ClN2O3/c1-28(16-18-8-4-3-5-9-18)24-23(19-12-14-21(32-2)15-13-19)25(30)29(26(24)31)17-20-10-6-7-11-22(20)27/h3-15H,16-17H2,1-2H3. The van der Waals surface area contributed by atoms with E-state index in [9.17, 15) is 9.59 Å². The fourth-order valence-corrected chi connectivity index (χ4v) is 4.01. The molecule has 0 aromatic heterocycles. The number of methoxy groups -OCH3 is 1. The molecule has 0 unspecified atom stereocenters. The highest BCUT2D eigenvalue weighted by atomic mass is 35.5. The molecule has 1 aliphatic heterocycles. The summed E-state index contributed by atoms with van der Waals surface area (Å²) in [5.41, 5.74) is 3.18. The van der Waals surface area contributed by atoms with Crippen LogP contribution in [0.3, 0.4) is 0 Å². The van der Waals surface area contributed by atoms with E-state index in [0.717, 1.165) is 11.1 Å². The second-order valence-electron chi connectivity index (χ2n) is 7.58. The summed E-state index contributed by atoms with van der Waals surface area (Å²) in [7, 11) is 3.42. The van der Waals surface area contributed by atoms with E-state index < -0.39 is 0 Å². The SMILES string of the molecule is COc1ccc(C2=C(N(C)Cc3ccccc3)C(=O)N(Cc3ccccc3Cl)C2=O)cc1. The van der Waals surface area contributed by atoms with Gasteiger partial charge in [0.15, 0.2) is 0 Å². The van der Waals surface area contributed by atoms with Crippen molar-refractivity contribution in [3.63, 3.8) is 0 Å². The topological polar surface area (TPSA) is 49.9 Å². The Hall–Kier alpha value is -3.57. The van der Waals surface area contributed by atoms with Crippen molar-refractivity contribution in [3.05, 3.63) is 106 Å². The van der Waals surface area contributed by atoms with Gasteiger partial charge in [-0.15, -0.1) is 0 Å². The van der Waals surface area contributed by atoms with Gasteiger partial charge in [0.2, 0.25) is 0 Å². The molecule has 0 N–H and O–H groups in total. The lowest BCUT2D eigenvalue weighted by atomic mass is 10.0. The van der Waals surface area contributed by atoms with Gasteiger partial charge in [-0.2, -0.15) is 0 Å². The van der Waals surface area contributed by atoms with E-state index in [-0.39, 0.29) is 18.4 Å². The summed E-state index contributed by atoms with van der Waals surface area (Å²) in [6.45, 7) is 0.606. The largest absolute Gasteiger partial charge is 0.497 e. The highest BCUT2D eigenvalue weighted by Gasteiger charge is 2.41. The number of nitrogens with zero attached hydrogens (tertiary/aromatic N) is 2. The minimum atomic E-state index is -0.338. The fourth-order valence-electron chi connectivity index (χ4n) is 3.81. The molecule has 3 aromatic rings. The maximum absolute atomic E-state index is 13.5. The molecule has 3 aromatic carbocycles. The molecule has 0 aliphatic carbocycles. The summed E-state index contributed by atoms with van der Waals surface area (Å²) in [5, 5.41) is 0.519. The minimum Gasteiger partial charge on any atom is -0.497 e. The van der Waals surface area contributed by atoms with Crippen LogP contribution in [-0.2, 0) is 22.7 Å². The van der Waals surface area contributed by atoms with E-state index in [4.69, 9.17) is 16.3 Å². The number of benzene rings is 3. The molecule has 32 heavy (non-hydrogen) atoms. The Labute approximate surface area is 192 Å². The van der Waals surface area contributed by atoms with Gasteiger partial charge in [0, 0.05) is 18.6 Å². The Morgan fingerprint density at radius 2 is 1.53 bits per heavy atom. The molecule has 0 radical (unpaired) electrons. The van der Waals surface area contributed by atoms with Gasteiger partial charge in [-0.1, -0.05) is 72.3 Å². The van der Waals surface area contributed by atoms with Crippen molar-refractivity contribution in [2.45, 2.75) is 13.1 Å². The molecule has 0 saturated heterocycles. The zero-order valence-electron chi connectivity index (χ0n) is 17.9. The number of ether oxygens (including phenoxy) is 1. The minimum absolute atomic E-state index is 0.111. The molecule has 0 bridgehead atoms. The van der Waals surface area contributed by atoms with Gasteiger partial charge >= 0.3 is 0 Å². The van der Waals surface area contributed by atoms with Crippen LogP contribution in [-0.4, -0.2) is 35.8 Å². The quantitative estimate of drug-likeness (QED) is 0.491. The maximum Gasteiger partial charge on any atom is 0.278 e. The highest BCUT2D eigenvalue weighted by Crippen LogP contribution is 2.34. The molecule has 4 rings (SSSR count). The normalized spacial score (nSPS) is 13.7. The Morgan fingerprint density at radius 1 is 0.875 bits per heavy atom. The number of hydrogen-bond acceptors (Lipinski definition) is 4. The molecule has 162 valence electrons. The number of rotatable bonds is 7. The molecule has 6 heteroatoms. The number of imide groups is 1. The molecule has 0 atom stereocenters. The summed E-state index contributed by atoms with van der Waals surface area (Å²) in [4.78, 5) is 30.1. The van der Waals surface area contributed by atoms with Gasteiger partial charge in [-0.05, 0) is 34.9 Å². The van der Waals surface area contributed by atoms with Crippen LogP contribution in [0.4, 0.5) is 0 Å². The van der Waals surface area contributed by atoms with Crippen molar-refractivity contribution < 1.29 is 14.3 Å². The van der Waals surface area contributed by atoms with E-state index >= 15 is 0 Å². The second kappa shape index (κ2) is 9.28. The number of likely N-dealkylation sites (N-methyl/N-ethyl adjacent to an activating group) is 1. The monoisotopic (exact) mass is 446 g/mol. The van der Waals surface area contributed by atoms with Crippen molar-refractivity contribution in [1.29, 1.82) is 0 Å². The fraction of sp³-hybridized carbons (Fsp3) is 0.154. The van der Waals surface area contributed by atoms with Crippen LogP contribution in [0.5, 0.6) is 5.75 Å². The molecule has 0 fully saturated rings. The lowest BCUT2D eigenvalue weighted by molar-refractivity contribution is -0.138. The van der Waals surface area contributed by atoms with Crippen molar-refractivity contribution in [3.8, 4) is 5.75 Å². The smallest absolute Gasteiger partial charge is 0.278 e. The van der Waals surface area contributed by atoms with Crippen molar-refractivity contribution in [1.82, 2.24) is 9.80 Å². The van der Waals surface area contributed by atoms with Gasteiger partial charge in [-0.25, -0.2) is 0 Å². The molecule has 1 heterocycles. The molecule has 0 saturated carbocycles. The average molecular weight is 447 g/mol. The molecule has 0 spiro atoms. The summed E-state index contributed by atoms with van der Waals surface area (Å²) in [5.74, 6) is 0.00685. The van der Waals surface area contributed by atoms with Gasteiger partial charge in [0.05, 0.1) is 19.2 Å². The van der Waals surface area contributed by atoms with E-state index in [1.165, 1.54) is 4.90 Å². The summed E-state index contributed by atoms with van der Waals surface area (Å²) in [6, 6.07) is 24.2. The van der Waals surface area contributed by atoms with Crippen molar-refractivity contribution >= 4 is 29.0 Å². The van der Waals surface area contributed by atoms with Crippen LogP contribution in [0.1, 0.15) is 16.7 Å². The first kappa shape index (κ1) is 21.7. The van der Waals surface area contributed by atoms with Crippen LogP contribution in [0.15, 0.2) is 84.6 Å². The van der Waals surface area contributed by atoms with Gasteiger partial charge in [0.25, 0.3) is 11.8 Å². The number of halogens is 1. The molecule has 2 amide bonds. The Morgan fingerprint density at radius 3 is 2.19 bits per heavy atom. The van der Waals surface area contributed by atoms with Crippen molar-refractivity contribution in [2.24, 2.45) is 0 Å². The lowest BCUT2D eigenvalue weighted by Crippen LogP contribution is -2.33. The van der Waals surface area contributed by atoms with Gasteiger partial charge in [-0.3, -0.25) is 14.5 Å². The third-order valence-electron chi connectivity index (χ3n) is 5.45. The maximum atomic E-state index is 13.5. The number of amides is 2. The Balaban J connectivity index is 1.73. The molecule has 5 nitrogen and oxygen atoms in total. The number of carbonyl (C=O) groups excluding carboxylic acids is 2. The summed E-state index contributed by atoms with van der Waals surface area (Å²) in [6.07, 6.45) is 0. The van der Waals surface area contributed by atoms with Gasteiger partial charge in [0.1, 0.15) is 11.4 Å². The Bertz CT molecular complexity index is 1170. The third kappa shape index (κ3) is 4.25. The zero-order chi connectivity index (χ0) is 22.7.